The topological polar surface area (TPSA) is 32.8 Å². The minimum absolute atomic E-state index is 0.868. The number of benzene rings is 16. The van der Waals surface area contributed by atoms with E-state index in [1.54, 1.807) is 0 Å². The van der Waals surface area contributed by atoms with Crippen LogP contribution in [0.3, 0.4) is 0 Å². The normalized spacial score (nSPS) is 11.5. The molecule has 2 heterocycles. The Balaban J connectivity index is 0.000000141. The largest absolute Gasteiger partial charge is 0.455 e. The van der Waals surface area contributed by atoms with Gasteiger partial charge in [-0.2, -0.15) is 0 Å². The monoisotopic (exact) mass is 1170 g/mol. The Morgan fingerprint density at radius 3 is 1.11 bits per heavy atom. The first-order valence-corrected chi connectivity index (χ1v) is 31.4. The number of fused-ring (bicyclic) bond motifs is 12. The van der Waals surface area contributed by atoms with Crippen molar-refractivity contribution in [3.63, 3.8) is 0 Å². The van der Waals surface area contributed by atoms with Crippen molar-refractivity contribution in [2.45, 2.75) is 0 Å². The molecule has 92 heavy (non-hydrogen) atoms. The maximum atomic E-state index is 6.79. The van der Waals surface area contributed by atoms with Crippen molar-refractivity contribution >= 4 is 121 Å². The van der Waals surface area contributed by atoms with E-state index in [-0.39, 0.29) is 0 Å². The molecule has 0 amide bonds. The molecular weight excluding hydrogens is 1120 g/mol. The third kappa shape index (κ3) is 9.40. The zero-order valence-electron chi connectivity index (χ0n) is 50.2. The molecule has 0 radical (unpaired) electrons. The lowest BCUT2D eigenvalue weighted by Gasteiger charge is -2.27. The number of para-hydroxylation sites is 2. The lowest BCUT2D eigenvalue weighted by Crippen LogP contribution is -2.10. The standard InChI is InChI=1S/2C44H29NO/c1-3-15-30(16-4-1)33-21-9-10-23-35(33)38-29-39-43-41(27-14-28-42(43)46-44(39)37-25-12-11-24-36(37)38)45(32-19-5-2-6-20-32)40-26-13-18-31-17-7-8-22-34(31)40;1-3-15-31(16-4-1)35-20-9-10-21-36(35)39-29-40-43-41(24-13-25-42(43)46-44(40)38-23-12-11-22-37(38)39)45(33-18-5-2-6-19-33)34-27-26-30-14-7-8-17-32(30)28-34/h2*1-29H. The molecule has 0 aliphatic carbocycles. The summed E-state index contributed by atoms with van der Waals surface area (Å²) in [6.45, 7) is 0. The number of rotatable bonds is 10. The highest BCUT2D eigenvalue weighted by molar-refractivity contribution is 6.25. The second kappa shape index (κ2) is 23.0. The van der Waals surface area contributed by atoms with Gasteiger partial charge in [0.1, 0.15) is 22.3 Å². The minimum Gasteiger partial charge on any atom is -0.455 e. The number of furan rings is 2. The third-order valence-corrected chi connectivity index (χ3v) is 18.1. The molecule has 432 valence electrons. The zero-order chi connectivity index (χ0) is 60.9. The van der Waals surface area contributed by atoms with E-state index in [2.05, 4.69) is 362 Å². The summed E-state index contributed by atoms with van der Waals surface area (Å²) in [5, 5.41) is 13.8. The van der Waals surface area contributed by atoms with Gasteiger partial charge < -0.3 is 18.6 Å². The molecule has 0 saturated heterocycles. The maximum Gasteiger partial charge on any atom is 0.143 e. The molecule has 0 spiro atoms. The lowest BCUT2D eigenvalue weighted by atomic mass is 9.90. The summed E-state index contributed by atoms with van der Waals surface area (Å²) < 4.78 is 13.6. The fraction of sp³-hybridized carbons (Fsp3) is 0. The van der Waals surface area contributed by atoms with Crippen molar-refractivity contribution < 1.29 is 8.83 Å². The van der Waals surface area contributed by atoms with E-state index in [0.29, 0.717) is 0 Å². The molecular formula is C88H58N2O2. The molecule has 0 saturated carbocycles. The average Bonchev–Trinajstić information content (AvgIpc) is 1.55. The Bertz CT molecular complexity index is 5760. The van der Waals surface area contributed by atoms with Crippen LogP contribution in [0.4, 0.5) is 34.1 Å². The van der Waals surface area contributed by atoms with Gasteiger partial charge >= 0.3 is 0 Å². The fourth-order valence-electron chi connectivity index (χ4n) is 14.0. The van der Waals surface area contributed by atoms with E-state index in [0.717, 1.165) is 88.8 Å². The van der Waals surface area contributed by atoms with E-state index in [9.17, 15) is 0 Å². The lowest BCUT2D eigenvalue weighted by molar-refractivity contribution is 0.672. The highest BCUT2D eigenvalue weighted by Gasteiger charge is 2.26. The van der Waals surface area contributed by atoms with Crippen molar-refractivity contribution in [2.24, 2.45) is 0 Å². The van der Waals surface area contributed by atoms with Crippen LogP contribution in [0.1, 0.15) is 0 Å². The van der Waals surface area contributed by atoms with E-state index < -0.39 is 0 Å². The number of hydrogen-bond acceptors (Lipinski definition) is 4. The summed E-state index contributed by atoms with van der Waals surface area (Å²) in [4.78, 5) is 4.74. The molecule has 18 aromatic rings. The van der Waals surface area contributed by atoms with Gasteiger partial charge in [-0.3, -0.25) is 0 Å². The average molecular weight is 1180 g/mol. The van der Waals surface area contributed by atoms with Gasteiger partial charge in [-0.15, -0.1) is 0 Å². The van der Waals surface area contributed by atoms with Crippen LogP contribution in [0.15, 0.2) is 361 Å². The van der Waals surface area contributed by atoms with Crippen LogP contribution in [-0.4, -0.2) is 0 Å². The first-order chi connectivity index (χ1) is 45.7. The zero-order valence-corrected chi connectivity index (χ0v) is 50.2. The molecule has 0 bridgehead atoms. The molecule has 0 aliphatic rings. The predicted octanol–water partition coefficient (Wildman–Crippen LogP) is 25.4. The number of hydrogen-bond donors (Lipinski definition) is 0. The Hall–Kier alpha value is -12.2. The van der Waals surface area contributed by atoms with Gasteiger partial charge in [0, 0.05) is 44.0 Å². The van der Waals surface area contributed by atoms with Crippen LogP contribution in [0.25, 0.3) is 131 Å². The van der Waals surface area contributed by atoms with Crippen LogP contribution in [0, 0.1) is 0 Å². The second-order valence-corrected chi connectivity index (χ2v) is 23.4. The summed E-state index contributed by atoms with van der Waals surface area (Å²) in [6, 6.07) is 125. The highest BCUT2D eigenvalue weighted by atomic mass is 16.3. The van der Waals surface area contributed by atoms with Gasteiger partial charge in [0.05, 0.1) is 27.8 Å². The predicted molar refractivity (Wildman–Crippen MR) is 389 cm³/mol. The molecule has 2 aromatic heterocycles. The molecule has 16 aromatic carbocycles. The van der Waals surface area contributed by atoms with Crippen LogP contribution >= 0.6 is 0 Å². The third-order valence-electron chi connectivity index (χ3n) is 18.1. The van der Waals surface area contributed by atoms with E-state index >= 15 is 0 Å². The molecule has 4 heteroatoms. The van der Waals surface area contributed by atoms with Crippen molar-refractivity contribution in [3.05, 3.63) is 352 Å². The Kier molecular flexibility index (Phi) is 13.5. The fourth-order valence-corrected chi connectivity index (χ4v) is 14.0. The smallest absolute Gasteiger partial charge is 0.143 e. The second-order valence-electron chi connectivity index (χ2n) is 23.4. The number of nitrogens with zero attached hydrogens (tertiary/aromatic N) is 2. The molecule has 18 rings (SSSR count). The van der Waals surface area contributed by atoms with Crippen LogP contribution < -0.4 is 9.80 Å². The molecule has 0 fully saturated rings. The SMILES string of the molecule is c1ccc(-c2ccccc2-c2cc3c(oc4cccc(N(c5ccccc5)c5ccc6ccccc6c5)c43)c3ccccc23)cc1.c1ccc(-c2ccccc2-c2cc3c(oc4cccc(N(c5ccccc5)c5cccc6ccccc56)c43)c3ccccc23)cc1. The van der Waals surface area contributed by atoms with E-state index in [1.165, 1.54) is 76.8 Å². The minimum atomic E-state index is 0.868. The van der Waals surface area contributed by atoms with Crippen LogP contribution in [0.5, 0.6) is 0 Å². The summed E-state index contributed by atoms with van der Waals surface area (Å²) in [5.74, 6) is 0. The van der Waals surface area contributed by atoms with Gasteiger partial charge in [-0.1, -0.05) is 273 Å². The summed E-state index contributed by atoms with van der Waals surface area (Å²) in [7, 11) is 0. The van der Waals surface area contributed by atoms with Gasteiger partial charge in [0.2, 0.25) is 0 Å². The Morgan fingerprint density at radius 1 is 0.196 bits per heavy atom. The Morgan fingerprint density at radius 2 is 0.576 bits per heavy atom. The highest BCUT2D eigenvalue weighted by Crippen LogP contribution is 2.51. The quantitative estimate of drug-likeness (QED) is 0.137. The molecule has 0 aliphatic heterocycles. The first kappa shape index (κ1) is 54.0. The summed E-state index contributed by atoms with van der Waals surface area (Å²) >= 11 is 0. The molecule has 0 N–H and O–H groups in total. The van der Waals surface area contributed by atoms with Crippen LogP contribution in [0.2, 0.25) is 0 Å². The molecule has 0 atom stereocenters. The number of anilines is 6. The van der Waals surface area contributed by atoms with Crippen molar-refractivity contribution in [3.8, 4) is 44.5 Å². The Labute approximate surface area is 533 Å². The summed E-state index contributed by atoms with van der Waals surface area (Å²) in [6.07, 6.45) is 0. The van der Waals surface area contributed by atoms with Crippen molar-refractivity contribution in [1.29, 1.82) is 0 Å². The summed E-state index contributed by atoms with van der Waals surface area (Å²) in [5.41, 5.74) is 19.7. The van der Waals surface area contributed by atoms with Crippen LogP contribution in [-0.2, 0) is 0 Å². The van der Waals surface area contributed by atoms with E-state index in [1.807, 2.05) is 0 Å². The first-order valence-electron chi connectivity index (χ1n) is 31.4. The van der Waals surface area contributed by atoms with Gasteiger partial charge in [-0.25, -0.2) is 0 Å². The van der Waals surface area contributed by atoms with Gasteiger partial charge in [0.15, 0.2) is 0 Å². The van der Waals surface area contributed by atoms with Gasteiger partial charge in [-0.05, 0) is 150 Å². The van der Waals surface area contributed by atoms with Gasteiger partial charge in [0.25, 0.3) is 0 Å². The van der Waals surface area contributed by atoms with Crippen molar-refractivity contribution in [2.75, 3.05) is 9.80 Å². The molecule has 4 nitrogen and oxygen atoms in total. The van der Waals surface area contributed by atoms with E-state index in [4.69, 9.17) is 8.83 Å². The molecule has 0 unspecified atom stereocenters. The maximum absolute atomic E-state index is 6.79. The van der Waals surface area contributed by atoms with Crippen molar-refractivity contribution in [1.82, 2.24) is 0 Å².